The molecule has 1 aliphatic carbocycles. The second kappa shape index (κ2) is 7.07. The lowest BCUT2D eigenvalue weighted by molar-refractivity contribution is 0.675. The van der Waals surface area contributed by atoms with Crippen molar-refractivity contribution in [3.63, 3.8) is 0 Å². The van der Waals surface area contributed by atoms with E-state index in [1.165, 1.54) is 41.9 Å². The summed E-state index contributed by atoms with van der Waals surface area (Å²) in [5.74, 6) is 2.35. The Labute approximate surface area is 109 Å². The van der Waals surface area contributed by atoms with Gasteiger partial charge >= 0.3 is 0 Å². The minimum atomic E-state index is 1.00. The molecule has 0 atom stereocenters. The zero-order chi connectivity index (χ0) is 11.9. The van der Waals surface area contributed by atoms with Gasteiger partial charge in [0, 0.05) is 11.4 Å². The molecule has 0 aromatic heterocycles. The first-order valence-electron chi connectivity index (χ1n) is 6.81. The molecule has 2 heteroatoms. The number of benzene rings is 1. The minimum Gasteiger partial charge on any atom is -0.313 e. The van der Waals surface area contributed by atoms with Gasteiger partial charge in [0.05, 0.1) is 0 Å². The molecule has 17 heavy (non-hydrogen) atoms. The topological polar surface area (TPSA) is 12.0 Å². The van der Waals surface area contributed by atoms with E-state index < -0.39 is 0 Å². The molecule has 0 aliphatic heterocycles. The van der Waals surface area contributed by atoms with Crippen molar-refractivity contribution in [1.29, 1.82) is 0 Å². The van der Waals surface area contributed by atoms with Crippen molar-refractivity contribution in [1.82, 2.24) is 5.32 Å². The van der Waals surface area contributed by atoms with Gasteiger partial charge in [0.1, 0.15) is 0 Å². The van der Waals surface area contributed by atoms with Crippen molar-refractivity contribution in [3.05, 3.63) is 29.8 Å². The second-order valence-electron chi connectivity index (χ2n) is 4.90. The predicted molar refractivity (Wildman–Crippen MR) is 76.5 cm³/mol. The van der Waals surface area contributed by atoms with E-state index in [9.17, 15) is 0 Å². The van der Waals surface area contributed by atoms with E-state index in [-0.39, 0.29) is 0 Å². The van der Waals surface area contributed by atoms with Gasteiger partial charge in [-0.05, 0) is 48.8 Å². The molecule has 1 nitrogen and oxygen atoms in total. The molecule has 0 saturated heterocycles. The molecule has 1 saturated carbocycles. The molecule has 1 aromatic carbocycles. The van der Waals surface area contributed by atoms with Crippen LogP contribution in [0.15, 0.2) is 29.2 Å². The molecule has 2 rings (SSSR count). The molecule has 1 aromatic rings. The largest absolute Gasteiger partial charge is 0.313 e. The molecule has 0 spiro atoms. The molecule has 1 N–H and O–H groups in total. The Morgan fingerprint density at radius 1 is 1.24 bits per heavy atom. The summed E-state index contributed by atoms with van der Waals surface area (Å²) in [5, 5.41) is 3.43. The highest BCUT2D eigenvalue weighted by Crippen LogP contribution is 2.34. The van der Waals surface area contributed by atoms with Crippen LogP contribution in [0.25, 0.3) is 0 Å². The Morgan fingerprint density at radius 3 is 2.65 bits per heavy atom. The molecule has 0 unspecified atom stereocenters. The fraction of sp³-hybridized carbons (Fsp3) is 0.600. The summed E-state index contributed by atoms with van der Waals surface area (Å²) < 4.78 is 0. The average Bonchev–Trinajstić information content (AvgIpc) is 3.16. The smallest absolute Gasteiger partial charge is 0.0205 e. The number of hydrogen-bond acceptors (Lipinski definition) is 2. The maximum Gasteiger partial charge on any atom is 0.0205 e. The van der Waals surface area contributed by atoms with Gasteiger partial charge in [-0.25, -0.2) is 0 Å². The Balaban J connectivity index is 1.68. The third kappa shape index (κ3) is 5.13. The lowest BCUT2D eigenvalue weighted by atomic mass is 10.2. The van der Waals surface area contributed by atoms with Crippen LogP contribution in [-0.2, 0) is 6.54 Å². The Morgan fingerprint density at radius 2 is 2.00 bits per heavy atom. The highest BCUT2D eigenvalue weighted by Gasteiger charge is 2.20. The molecule has 0 heterocycles. The molecule has 0 amide bonds. The van der Waals surface area contributed by atoms with Crippen molar-refractivity contribution in [3.8, 4) is 0 Å². The standard InChI is InChI=1S/C15H23NS/c1-2-10-16-12-14-5-7-15(8-6-14)17-11-9-13-3-4-13/h5-8,13,16H,2-4,9-12H2,1H3. The van der Waals surface area contributed by atoms with Gasteiger partial charge in [0.2, 0.25) is 0 Å². The van der Waals surface area contributed by atoms with E-state index in [2.05, 4.69) is 36.5 Å². The SMILES string of the molecule is CCCNCc1ccc(SCCC2CC2)cc1. The van der Waals surface area contributed by atoms with Crippen LogP contribution >= 0.6 is 11.8 Å². The lowest BCUT2D eigenvalue weighted by Crippen LogP contribution is -2.13. The first-order chi connectivity index (χ1) is 8.38. The van der Waals surface area contributed by atoms with Crippen molar-refractivity contribution >= 4 is 11.8 Å². The van der Waals surface area contributed by atoms with Crippen molar-refractivity contribution in [2.45, 2.75) is 44.0 Å². The summed E-state index contributed by atoms with van der Waals surface area (Å²) in [6.07, 6.45) is 5.56. The van der Waals surface area contributed by atoms with Gasteiger partial charge in [-0.15, -0.1) is 11.8 Å². The summed E-state index contributed by atoms with van der Waals surface area (Å²) in [6, 6.07) is 9.03. The van der Waals surface area contributed by atoms with Crippen LogP contribution in [0.3, 0.4) is 0 Å². The molecular weight excluding hydrogens is 226 g/mol. The lowest BCUT2D eigenvalue weighted by Gasteiger charge is -2.05. The number of nitrogens with one attached hydrogen (secondary N) is 1. The third-order valence-electron chi connectivity index (χ3n) is 3.17. The number of hydrogen-bond donors (Lipinski definition) is 1. The number of rotatable bonds is 8. The molecule has 1 aliphatic rings. The van der Waals surface area contributed by atoms with Crippen LogP contribution in [0.5, 0.6) is 0 Å². The van der Waals surface area contributed by atoms with Crippen molar-refractivity contribution in [2.75, 3.05) is 12.3 Å². The van der Waals surface area contributed by atoms with Crippen LogP contribution in [0.1, 0.15) is 38.2 Å². The highest BCUT2D eigenvalue weighted by atomic mass is 32.2. The van der Waals surface area contributed by atoms with E-state index in [0.29, 0.717) is 0 Å². The second-order valence-corrected chi connectivity index (χ2v) is 6.07. The van der Waals surface area contributed by atoms with E-state index >= 15 is 0 Å². The summed E-state index contributed by atoms with van der Waals surface area (Å²) in [7, 11) is 0. The van der Waals surface area contributed by atoms with Crippen LogP contribution < -0.4 is 5.32 Å². The van der Waals surface area contributed by atoms with Gasteiger partial charge in [0.15, 0.2) is 0 Å². The third-order valence-corrected chi connectivity index (χ3v) is 4.22. The van der Waals surface area contributed by atoms with Gasteiger partial charge in [-0.3, -0.25) is 0 Å². The van der Waals surface area contributed by atoms with E-state index in [1.54, 1.807) is 0 Å². The van der Waals surface area contributed by atoms with Gasteiger partial charge in [0.25, 0.3) is 0 Å². The Bertz CT molecular complexity index is 316. The zero-order valence-corrected chi connectivity index (χ0v) is 11.6. The monoisotopic (exact) mass is 249 g/mol. The van der Waals surface area contributed by atoms with Gasteiger partial charge in [-0.1, -0.05) is 31.9 Å². The van der Waals surface area contributed by atoms with E-state index in [4.69, 9.17) is 0 Å². The van der Waals surface area contributed by atoms with E-state index in [1.807, 2.05) is 11.8 Å². The van der Waals surface area contributed by atoms with Crippen LogP contribution in [0.4, 0.5) is 0 Å². The molecule has 1 fully saturated rings. The van der Waals surface area contributed by atoms with Crippen LogP contribution in [-0.4, -0.2) is 12.3 Å². The van der Waals surface area contributed by atoms with Crippen molar-refractivity contribution in [2.24, 2.45) is 5.92 Å². The summed E-state index contributed by atoms with van der Waals surface area (Å²) in [6.45, 7) is 4.31. The highest BCUT2D eigenvalue weighted by molar-refractivity contribution is 7.99. The van der Waals surface area contributed by atoms with Crippen LogP contribution in [0.2, 0.25) is 0 Å². The average molecular weight is 249 g/mol. The maximum absolute atomic E-state index is 3.43. The predicted octanol–water partition coefficient (Wildman–Crippen LogP) is 4.08. The van der Waals surface area contributed by atoms with Gasteiger partial charge in [-0.2, -0.15) is 0 Å². The number of thioether (sulfide) groups is 1. The summed E-state index contributed by atoms with van der Waals surface area (Å²) >= 11 is 2.01. The van der Waals surface area contributed by atoms with Crippen LogP contribution in [0, 0.1) is 5.92 Å². The zero-order valence-electron chi connectivity index (χ0n) is 10.7. The summed E-state index contributed by atoms with van der Waals surface area (Å²) in [4.78, 5) is 1.42. The summed E-state index contributed by atoms with van der Waals surface area (Å²) in [5.41, 5.74) is 1.39. The fourth-order valence-electron chi connectivity index (χ4n) is 1.86. The maximum atomic E-state index is 3.43. The molecule has 0 radical (unpaired) electrons. The van der Waals surface area contributed by atoms with E-state index in [0.717, 1.165) is 19.0 Å². The quantitative estimate of drug-likeness (QED) is 0.550. The Hall–Kier alpha value is -0.470. The first-order valence-corrected chi connectivity index (χ1v) is 7.79. The Kier molecular flexibility index (Phi) is 5.40. The fourth-order valence-corrected chi connectivity index (χ4v) is 2.88. The minimum absolute atomic E-state index is 1.00. The molecule has 94 valence electrons. The first kappa shape index (κ1) is 13.0. The molecule has 0 bridgehead atoms. The van der Waals surface area contributed by atoms with Gasteiger partial charge < -0.3 is 5.32 Å². The molecular formula is C15H23NS. The normalized spacial score (nSPS) is 15.1. The van der Waals surface area contributed by atoms with Crippen molar-refractivity contribution < 1.29 is 0 Å².